The third-order valence-electron chi connectivity index (χ3n) is 4.14. The van der Waals surface area contributed by atoms with Gasteiger partial charge in [-0.3, -0.25) is 9.55 Å². The Kier molecular flexibility index (Phi) is 4.17. The molecular formula is C18H15N3O5S. The van der Waals surface area contributed by atoms with Gasteiger partial charge in [0.2, 0.25) is 10.0 Å². The number of pyridine rings is 1. The number of aromatic nitrogens is 2. The van der Waals surface area contributed by atoms with Crippen molar-refractivity contribution in [1.29, 1.82) is 0 Å². The summed E-state index contributed by atoms with van der Waals surface area (Å²) < 4.78 is 39.4. The molecule has 0 fully saturated rings. The number of hydrogen-bond acceptors (Lipinski definition) is 6. The van der Waals surface area contributed by atoms with Crippen molar-refractivity contribution in [3.05, 3.63) is 71.2 Å². The first-order valence-corrected chi connectivity index (χ1v) is 9.49. The number of furan rings is 1. The van der Waals surface area contributed by atoms with Gasteiger partial charge in [-0.05, 0) is 42.0 Å². The molecule has 1 aromatic carbocycles. The van der Waals surface area contributed by atoms with Crippen molar-refractivity contribution in [2.75, 3.05) is 0 Å². The van der Waals surface area contributed by atoms with E-state index in [0.717, 1.165) is 5.56 Å². The molecule has 138 valence electrons. The minimum absolute atomic E-state index is 0.0431. The number of benzene rings is 1. The average Bonchev–Trinajstić information content (AvgIpc) is 3.29. The maximum absolute atomic E-state index is 12.6. The van der Waals surface area contributed by atoms with Crippen molar-refractivity contribution in [3.8, 4) is 11.3 Å². The van der Waals surface area contributed by atoms with Crippen LogP contribution in [0.3, 0.4) is 0 Å². The number of oxazole rings is 1. The number of sulfonamides is 1. The summed E-state index contributed by atoms with van der Waals surface area (Å²) in [7, 11) is -2.26. The van der Waals surface area contributed by atoms with Crippen LogP contribution in [0.25, 0.3) is 22.4 Å². The molecule has 27 heavy (non-hydrogen) atoms. The molecule has 0 aliphatic rings. The predicted octanol–water partition coefficient (Wildman–Crippen LogP) is 2.26. The van der Waals surface area contributed by atoms with Crippen molar-refractivity contribution in [2.45, 2.75) is 11.4 Å². The molecule has 0 aliphatic carbocycles. The van der Waals surface area contributed by atoms with Crippen LogP contribution < -0.4 is 10.5 Å². The first-order chi connectivity index (χ1) is 12.9. The first-order valence-electron chi connectivity index (χ1n) is 8.01. The summed E-state index contributed by atoms with van der Waals surface area (Å²) >= 11 is 0. The summed E-state index contributed by atoms with van der Waals surface area (Å²) in [6.45, 7) is 0.0617. The summed E-state index contributed by atoms with van der Waals surface area (Å²) in [6.07, 6.45) is 4.78. The van der Waals surface area contributed by atoms with Crippen molar-refractivity contribution < 1.29 is 17.3 Å². The fraction of sp³-hybridized carbons (Fsp3) is 0.111. The molecular weight excluding hydrogens is 370 g/mol. The predicted molar refractivity (Wildman–Crippen MR) is 97.4 cm³/mol. The summed E-state index contributed by atoms with van der Waals surface area (Å²) in [4.78, 5) is 15.7. The van der Waals surface area contributed by atoms with Crippen molar-refractivity contribution in [1.82, 2.24) is 14.3 Å². The molecule has 0 bridgehead atoms. The summed E-state index contributed by atoms with van der Waals surface area (Å²) in [6, 6.07) is 9.63. The molecule has 0 radical (unpaired) electrons. The Labute approximate surface area is 154 Å². The van der Waals surface area contributed by atoms with E-state index in [1.807, 2.05) is 0 Å². The van der Waals surface area contributed by atoms with Gasteiger partial charge in [0.05, 0.1) is 16.7 Å². The zero-order valence-electron chi connectivity index (χ0n) is 14.2. The van der Waals surface area contributed by atoms with E-state index >= 15 is 0 Å². The third kappa shape index (κ3) is 3.29. The van der Waals surface area contributed by atoms with Crippen LogP contribution in [0.4, 0.5) is 0 Å². The van der Waals surface area contributed by atoms with E-state index in [1.54, 1.807) is 36.9 Å². The van der Waals surface area contributed by atoms with Crippen LogP contribution in [0.5, 0.6) is 0 Å². The minimum atomic E-state index is -3.78. The lowest BCUT2D eigenvalue weighted by atomic mass is 10.2. The molecule has 4 rings (SSSR count). The normalized spacial score (nSPS) is 11.9. The molecule has 0 spiro atoms. The molecule has 0 saturated heterocycles. The molecule has 4 aromatic rings. The highest BCUT2D eigenvalue weighted by Crippen LogP contribution is 2.21. The van der Waals surface area contributed by atoms with Crippen molar-refractivity contribution >= 4 is 21.1 Å². The second-order valence-corrected chi connectivity index (χ2v) is 7.71. The Balaban J connectivity index is 1.58. The fourth-order valence-electron chi connectivity index (χ4n) is 2.70. The van der Waals surface area contributed by atoms with Crippen LogP contribution in [0.15, 0.2) is 73.6 Å². The molecule has 0 unspecified atom stereocenters. The fourth-order valence-corrected chi connectivity index (χ4v) is 3.73. The number of nitrogens with zero attached hydrogens (tertiary/aromatic N) is 2. The minimum Gasteiger partial charge on any atom is -0.464 e. The van der Waals surface area contributed by atoms with Crippen LogP contribution in [-0.2, 0) is 23.6 Å². The second-order valence-electron chi connectivity index (χ2n) is 5.94. The van der Waals surface area contributed by atoms with Gasteiger partial charge in [0, 0.05) is 31.5 Å². The van der Waals surface area contributed by atoms with E-state index in [1.165, 1.54) is 29.8 Å². The van der Waals surface area contributed by atoms with Gasteiger partial charge in [0.25, 0.3) is 0 Å². The molecule has 1 N–H and O–H groups in total. The number of hydrogen-bond donors (Lipinski definition) is 1. The van der Waals surface area contributed by atoms with Gasteiger partial charge in [0.1, 0.15) is 5.76 Å². The molecule has 0 aliphatic heterocycles. The zero-order chi connectivity index (χ0) is 19.0. The average molecular weight is 385 g/mol. The Bertz CT molecular complexity index is 1270. The summed E-state index contributed by atoms with van der Waals surface area (Å²) in [5.41, 5.74) is 2.18. The Morgan fingerprint density at radius 2 is 2.04 bits per heavy atom. The van der Waals surface area contributed by atoms with Crippen LogP contribution in [-0.4, -0.2) is 18.0 Å². The summed E-state index contributed by atoms with van der Waals surface area (Å²) in [5, 5.41) is 0. The van der Waals surface area contributed by atoms with Gasteiger partial charge in [-0.25, -0.2) is 17.9 Å². The largest absolute Gasteiger partial charge is 0.464 e. The Morgan fingerprint density at radius 3 is 2.81 bits per heavy atom. The highest BCUT2D eigenvalue weighted by Gasteiger charge is 2.17. The molecule has 0 atom stereocenters. The molecule has 0 saturated carbocycles. The topological polar surface area (TPSA) is 107 Å². The van der Waals surface area contributed by atoms with E-state index in [0.29, 0.717) is 22.4 Å². The van der Waals surface area contributed by atoms with Crippen molar-refractivity contribution in [3.63, 3.8) is 0 Å². The van der Waals surface area contributed by atoms with Gasteiger partial charge in [-0.15, -0.1) is 0 Å². The lowest BCUT2D eigenvalue weighted by Gasteiger charge is -2.08. The van der Waals surface area contributed by atoms with Crippen LogP contribution in [0, 0.1) is 0 Å². The Hall–Kier alpha value is -3.17. The van der Waals surface area contributed by atoms with E-state index in [4.69, 9.17) is 8.83 Å². The highest BCUT2D eigenvalue weighted by molar-refractivity contribution is 7.89. The molecule has 3 aromatic heterocycles. The van der Waals surface area contributed by atoms with Gasteiger partial charge in [0.15, 0.2) is 5.58 Å². The van der Waals surface area contributed by atoms with Crippen LogP contribution in [0.2, 0.25) is 0 Å². The standard InChI is InChI=1S/C18H15N3O5S/c1-21-15-8-14(4-5-17(15)26-18(21)22)27(23,24)20-10-12-7-13(11-19-9-12)16-3-2-6-25-16/h2-9,11,20H,10H2,1H3. The third-order valence-corrected chi connectivity index (χ3v) is 5.54. The maximum atomic E-state index is 12.6. The van der Waals surface area contributed by atoms with Gasteiger partial charge >= 0.3 is 5.76 Å². The lowest BCUT2D eigenvalue weighted by Crippen LogP contribution is -2.23. The van der Waals surface area contributed by atoms with Crippen LogP contribution >= 0.6 is 0 Å². The molecule has 0 amide bonds. The molecule has 3 heterocycles. The smallest absolute Gasteiger partial charge is 0.419 e. The number of rotatable bonds is 5. The Morgan fingerprint density at radius 1 is 1.19 bits per heavy atom. The van der Waals surface area contributed by atoms with Gasteiger partial charge < -0.3 is 8.83 Å². The van der Waals surface area contributed by atoms with Crippen LogP contribution in [0.1, 0.15) is 5.56 Å². The van der Waals surface area contributed by atoms with E-state index in [2.05, 4.69) is 9.71 Å². The highest BCUT2D eigenvalue weighted by atomic mass is 32.2. The molecule has 8 nitrogen and oxygen atoms in total. The maximum Gasteiger partial charge on any atom is 0.419 e. The number of fused-ring (bicyclic) bond motifs is 1. The van der Waals surface area contributed by atoms with E-state index in [-0.39, 0.29) is 11.4 Å². The SMILES string of the molecule is Cn1c(=O)oc2ccc(S(=O)(=O)NCc3cncc(-c4ccco4)c3)cc21. The number of aryl methyl sites for hydroxylation is 1. The van der Waals surface area contributed by atoms with Crippen molar-refractivity contribution in [2.24, 2.45) is 7.05 Å². The van der Waals surface area contributed by atoms with E-state index < -0.39 is 15.8 Å². The lowest BCUT2D eigenvalue weighted by molar-refractivity contribution is 0.528. The number of nitrogens with one attached hydrogen (secondary N) is 1. The second kappa shape index (κ2) is 6.53. The van der Waals surface area contributed by atoms with Gasteiger partial charge in [-0.2, -0.15) is 0 Å². The molecule has 9 heteroatoms. The van der Waals surface area contributed by atoms with Gasteiger partial charge in [-0.1, -0.05) is 0 Å². The van der Waals surface area contributed by atoms with E-state index in [9.17, 15) is 13.2 Å². The monoisotopic (exact) mass is 385 g/mol. The first kappa shape index (κ1) is 17.3. The summed E-state index contributed by atoms with van der Waals surface area (Å²) in [5.74, 6) is 0.104. The quantitative estimate of drug-likeness (QED) is 0.565. The zero-order valence-corrected chi connectivity index (χ0v) is 15.1.